The summed E-state index contributed by atoms with van der Waals surface area (Å²) in [5, 5.41) is 11.8. The van der Waals surface area contributed by atoms with E-state index < -0.39 is 0 Å². The summed E-state index contributed by atoms with van der Waals surface area (Å²) in [5.74, 6) is 2.45. The number of aromatic amines is 1. The Morgan fingerprint density at radius 1 is 1.16 bits per heavy atom. The average molecular weight is 432 g/mol. The summed E-state index contributed by atoms with van der Waals surface area (Å²) < 4.78 is 11.7. The van der Waals surface area contributed by atoms with Crippen molar-refractivity contribution >= 4 is 22.8 Å². The van der Waals surface area contributed by atoms with Crippen molar-refractivity contribution in [3.63, 3.8) is 0 Å². The Hall–Kier alpha value is -3.12. The van der Waals surface area contributed by atoms with Gasteiger partial charge in [-0.1, -0.05) is 31.0 Å². The van der Waals surface area contributed by atoms with Crippen LogP contribution in [0.25, 0.3) is 17.0 Å². The quantitative estimate of drug-likeness (QED) is 0.411. The van der Waals surface area contributed by atoms with E-state index in [1.807, 2.05) is 30.3 Å². The molecule has 0 bridgehead atoms. The van der Waals surface area contributed by atoms with Gasteiger partial charge in [-0.05, 0) is 62.9 Å². The Kier molecular flexibility index (Phi) is 5.95. The molecule has 2 aromatic carbocycles. The van der Waals surface area contributed by atoms with Crippen molar-refractivity contribution in [1.82, 2.24) is 15.5 Å². The topological polar surface area (TPSA) is 76.2 Å². The van der Waals surface area contributed by atoms with Gasteiger partial charge in [0.15, 0.2) is 5.76 Å². The number of fused-ring (bicyclic) bond motifs is 2. The molecule has 1 saturated heterocycles. The van der Waals surface area contributed by atoms with E-state index in [0.29, 0.717) is 22.8 Å². The Balaban J connectivity index is 1.35. The van der Waals surface area contributed by atoms with E-state index in [1.165, 1.54) is 25.7 Å². The van der Waals surface area contributed by atoms with E-state index >= 15 is 0 Å². The van der Waals surface area contributed by atoms with Gasteiger partial charge in [0.1, 0.15) is 11.5 Å². The van der Waals surface area contributed by atoms with Gasteiger partial charge in [0, 0.05) is 17.0 Å². The molecule has 6 nitrogen and oxygen atoms in total. The first kappa shape index (κ1) is 20.8. The van der Waals surface area contributed by atoms with Gasteiger partial charge in [-0.25, -0.2) is 0 Å². The second-order valence-electron chi connectivity index (χ2n) is 8.66. The number of nitrogens with one attached hydrogen (secondary N) is 2. The van der Waals surface area contributed by atoms with Gasteiger partial charge in [-0.2, -0.15) is 5.10 Å². The van der Waals surface area contributed by atoms with Crippen LogP contribution in [0.1, 0.15) is 53.7 Å². The number of nitrogens with zero attached hydrogens (tertiary/aromatic N) is 1. The van der Waals surface area contributed by atoms with Crippen LogP contribution in [0, 0.1) is 5.92 Å². The van der Waals surface area contributed by atoms with Gasteiger partial charge in [-0.3, -0.25) is 9.89 Å². The number of para-hydroxylation sites is 1. The van der Waals surface area contributed by atoms with E-state index in [0.717, 1.165) is 54.1 Å². The number of hydrogen-bond donors (Lipinski definition) is 2. The molecule has 0 spiro atoms. The molecule has 0 saturated carbocycles. The maximum absolute atomic E-state index is 13.1. The molecule has 0 amide bonds. The first-order valence-electron chi connectivity index (χ1n) is 11.5. The van der Waals surface area contributed by atoms with Crippen molar-refractivity contribution < 1.29 is 14.3 Å². The van der Waals surface area contributed by atoms with Gasteiger partial charge in [0.25, 0.3) is 0 Å². The first-order valence-corrected chi connectivity index (χ1v) is 11.5. The summed E-state index contributed by atoms with van der Waals surface area (Å²) in [6.45, 7) is 2.28. The maximum atomic E-state index is 13.1. The lowest BCUT2D eigenvalue weighted by Crippen LogP contribution is -2.27. The molecular formula is C26H29N3O3. The van der Waals surface area contributed by atoms with Crippen LogP contribution in [0.2, 0.25) is 0 Å². The normalized spacial score (nSPS) is 17.7. The third kappa shape index (κ3) is 4.02. The predicted octanol–water partition coefficient (Wildman–Crippen LogP) is 4.90. The number of ketones is 1. The van der Waals surface area contributed by atoms with E-state index in [4.69, 9.17) is 9.47 Å². The van der Waals surface area contributed by atoms with Crippen LogP contribution in [0.3, 0.4) is 0 Å². The molecule has 1 fully saturated rings. The van der Waals surface area contributed by atoms with Gasteiger partial charge in [-0.15, -0.1) is 0 Å². The third-order valence-corrected chi connectivity index (χ3v) is 6.63. The van der Waals surface area contributed by atoms with Crippen LogP contribution in [-0.4, -0.2) is 36.2 Å². The van der Waals surface area contributed by atoms with Crippen LogP contribution < -0.4 is 14.8 Å². The van der Waals surface area contributed by atoms with Crippen LogP contribution in [0.4, 0.5) is 0 Å². The van der Waals surface area contributed by atoms with Crippen molar-refractivity contribution in [2.75, 3.05) is 20.2 Å². The molecule has 166 valence electrons. The molecule has 1 aromatic heterocycles. The van der Waals surface area contributed by atoms with Crippen LogP contribution in [0.5, 0.6) is 11.5 Å². The number of carbonyl (C=O) groups excluding carboxylic acids is 1. The number of carbonyl (C=O) groups is 1. The van der Waals surface area contributed by atoms with Crippen LogP contribution in [0.15, 0.2) is 42.2 Å². The SMILES string of the molecule is COc1ccc2c(c1CCCCC1CCNCC1)O/C(=C\c1n[nH]c3ccccc13)C2=O. The van der Waals surface area contributed by atoms with Crippen molar-refractivity contribution in [3.05, 3.63) is 59.0 Å². The first-order chi connectivity index (χ1) is 15.7. The predicted molar refractivity (Wildman–Crippen MR) is 125 cm³/mol. The number of rotatable bonds is 7. The molecule has 0 radical (unpaired) electrons. The van der Waals surface area contributed by atoms with Gasteiger partial charge < -0.3 is 14.8 Å². The zero-order valence-corrected chi connectivity index (χ0v) is 18.4. The largest absolute Gasteiger partial charge is 0.496 e. The highest BCUT2D eigenvalue weighted by atomic mass is 16.5. The van der Waals surface area contributed by atoms with Crippen molar-refractivity contribution in [1.29, 1.82) is 0 Å². The summed E-state index contributed by atoms with van der Waals surface area (Å²) in [6, 6.07) is 11.5. The number of benzene rings is 2. The number of aromatic nitrogens is 2. The molecule has 3 aromatic rings. The summed E-state index contributed by atoms with van der Waals surface area (Å²) >= 11 is 0. The fraction of sp³-hybridized carbons (Fsp3) is 0.385. The Bertz CT molecular complexity index is 1160. The number of methoxy groups -OCH3 is 1. The lowest BCUT2D eigenvalue weighted by Gasteiger charge is -2.22. The number of unbranched alkanes of at least 4 members (excludes halogenated alkanes) is 1. The zero-order chi connectivity index (χ0) is 21.9. The zero-order valence-electron chi connectivity index (χ0n) is 18.4. The Labute approximate surface area is 188 Å². The van der Waals surface area contributed by atoms with E-state index in [9.17, 15) is 4.79 Å². The summed E-state index contributed by atoms with van der Waals surface area (Å²) in [7, 11) is 1.67. The smallest absolute Gasteiger partial charge is 0.232 e. The molecule has 2 aliphatic heterocycles. The highest BCUT2D eigenvalue weighted by molar-refractivity contribution is 6.15. The van der Waals surface area contributed by atoms with Crippen LogP contribution >= 0.6 is 0 Å². The maximum Gasteiger partial charge on any atom is 0.232 e. The van der Waals surface area contributed by atoms with Gasteiger partial charge >= 0.3 is 0 Å². The molecule has 5 rings (SSSR count). The molecule has 0 atom stereocenters. The minimum Gasteiger partial charge on any atom is -0.496 e. The molecule has 32 heavy (non-hydrogen) atoms. The standard InChI is InChI=1S/C26H29N3O3/c1-31-23-11-10-20-25(30)24(16-22-18-7-4-5-9-21(18)28-29-22)32-26(20)19(23)8-3-2-6-17-12-14-27-15-13-17/h4-5,7,9-11,16-17,27H,2-3,6,8,12-15H2,1H3,(H,28,29)/b24-16-. The minimum absolute atomic E-state index is 0.106. The fourth-order valence-corrected chi connectivity index (χ4v) is 4.84. The van der Waals surface area contributed by atoms with E-state index in [2.05, 4.69) is 15.5 Å². The second kappa shape index (κ2) is 9.17. The molecule has 3 heterocycles. The summed E-state index contributed by atoms with van der Waals surface area (Å²) in [6.07, 6.45) is 8.61. The van der Waals surface area contributed by atoms with Crippen molar-refractivity contribution in [3.8, 4) is 11.5 Å². The Morgan fingerprint density at radius 2 is 2.00 bits per heavy atom. The summed E-state index contributed by atoms with van der Waals surface area (Å²) in [5.41, 5.74) is 3.22. The minimum atomic E-state index is -0.106. The molecule has 2 N–H and O–H groups in total. The van der Waals surface area contributed by atoms with Crippen LogP contribution in [-0.2, 0) is 6.42 Å². The third-order valence-electron chi connectivity index (χ3n) is 6.63. The van der Waals surface area contributed by atoms with Crippen molar-refractivity contribution in [2.45, 2.75) is 38.5 Å². The lowest BCUT2D eigenvalue weighted by molar-refractivity contribution is 0.101. The van der Waals surface area contributed by atoms with Gasteiger partial charge in [0.2, 0.25) is 5.78 Å². The molecule has 6 heteroatoms. The number of allylic oxidation sites excluding steroid dienone is 1. The second-order valence-corrected chi connectivity index (χ2v) is 8.66. The monoisotopic (exact) mass is 431 g/mol. The summed E-state index contributed by atoms with van der Waals surface area (Å²) in [4.78, 5) is 13.1. The lowest BCUT2D eigenvalue weighted by atomic mass is 9.91. The fourth-order valence-electron chi connectivity index (χ4n) is 4.84. The van der Waals surface area contributed by atoms with Gasteiger partial charge in [0.05, 0.1) is 23.9 Å². The Morgan fingerprint density at radius 3 is 2.84 bits per heavy atom. The molecule has 0 aliphatic carbocycles. The average Bonchev–Trinajstić information content (AvgIpc) is 3.39. The van der Waals surface area contributed by atoms with E-state index in [-0.39, 0.29) is 5.78 Å². The number of Topliss-reactive ketones (excluding diaryl/α,β-unsaturated/α-hetero) is 1. The molecular weight excluding hydrogens is 402 g/mol. The van der Waals surface area contributed by atoms with Crippen molar-refractivity contribution in [2.24, 2.45) is 5.92 Å². The highest BCUT2D eigenvalue weighted by Crippen LogP contribution is 2.41. The number of H-pyrrole nitrogens is 1. The number of piperidine rings is 1. The molecule has 0 unspecified atom stereocenters. The highest BCUT2D eigenvalue weighted by Gasteiger charge is 2.31. The van der Waals surface area contributed by atoms with E-state index in [1.54, 1.807) is 19.3 Å². The molecule has 2 aliphatic rings. The number of ether oxygens (including phenoxy) is 2. The number of hydrogen-bond acceptors (Lipinski definition) is 5.